The zero-order chi connectivity index (χ0) is 52.5. The Balaban J connectivity index is 2.73. The molecule has 28 heteroatoms. The summed E-state index contributed by atoms with van der Waals surface area (Å²) in [4.78, 5) is 139. The zero-order valence-corrected chi connectivity index (χ0v) is 39.5. The van der Waals surface area contributed by atoms with Gasteiger partial charge >= 0.3 is 5.97 Å². The number of rotatable bonds is 30. The van der Waals surface area contributed by atoms with Gasteiger partial charge in [-0.15, -0.1) is 0 Å². The number of hydrogen-bond donors (Lipinski definition) is 17. The molecule has 17 N–H and O–H groups in total. The molecule has 0 bridgehead atoms. The molecule has 0 fully saturated rings. The van der Waals surface area contributed by atoms with Gasteiger partial charge in [-0.2, -0.15) is 12.6 Å². The first-order valence-electron chi connectivity index (χ1n) is 21.5. The third-order valence-corrected chi connectivity index (χ3v) is 10.0. The van der Waals surface area contributed by atoms with Crippen molar-refractivity contribution < 1.29 is 78.3 Å². The van der Waals surface area contributed by atoms with Crippen LogP contribution in [0.25, 0.3) is 0 Å². The Labute approximate surface area is 402 Å². The Hall–Kier alpha value is -6.46. The molecule has 0 saturated heterocycles. The first-order chi connectivity index (χ1) is 32.4. The minimum atomic E-state index is -1.70. The predicted octanol–water partition coefficient (Wildman–Crippen LogP) is -7.87. The average molecular weight is 1000 g/mol. The van der Waals surface area contributed by atoms with Crippen LogP contribution >= 0.6 is 12.6 Å². The SMILES string of the molecule is CC(C)C[C@H](N)C(=O)N[C@@H](CO)C(=O)N[C@@H](CS)C(=O)N[C@@H](C)C(=O)N[C@@H](C)C(=O)N[C@@H](CO)C(=O)NCC(=O)NCC(=O)N[C@H](C(=O)N[C@@H](Cc1ccccc1)C(=O)N[C@@H](CO)C(=O)O)[C@@H](C)O. The Morgan fingerprint density at radius 1 is 0.536 bits per heavy atom. The van der Waals surface area contributed by atoms with Gasteiger partial charge in [0, 0.05) is 12.2 Å². The second-order valence-corrected chi connectivity index (χ2v) is 16.4. The minimum Gasteiger partial charge on any atom is -0.480 e. The van der Waals surface area contributed by atoms with E-state index in [0.29, 0.717) is 12.0 Å². The van der Waals surface area contributed by atoms with Gasteiger partial charge in [0.25, 0.3) is 0 Å². The number of carbonyl (C=O) groups excluding carboxylic acids is 10. The van der Waals surface area contributed by atoms with Crippen LogP contribution in [0.1, 0.15) is 46.6 Å². The monoisotopic (exact) mass is 999 g/mol. The van der Waals surface area contributed by atoms with Crippen molar-refractivity contribution in [3.63, 3.8) is 0 Å². The summed E-state index contributed by atoms with van der Waals surface area (Å²) in [7, 11) is 0. The summed E-state index contributed by atoms with van der Waals surface area (Å²) >= 11 is 4.05. The van der Waals surface area contributed by atoms with E-state index in [1.165, 1.54) is 13.8 Å². The highest BCUT2D eigenvalue weighted by atomic mass is 32.1. The Morgan fingerprint density at radius 2 is 0.986 bits per heavy atom. The molecule has 0 aromatic heterocycles. The molecule has 10 atom stereocenters. The molecule has 0 heterocycles. The van der Waals surface area contributed by atoms with Crippen molar-refractivity contribution in [1.82, 2.24) is 53.2 Å². The molecule has 69 heavy (non-hydrogen) atoms. The highest BCUT2D eigenvalue weighted by Crippen LogP contribution is 2.07. The Morgan fingerprint density at radius 3 is 1.51 bits per heavy atom. The van der Waals surface area contributed by atoms with Crippen LogP contribution in [0.3, 0.4) is 0 Å². The number of thiol groups is 1. The lowest BCUT2D eigenvalue weighted by Gasteiger charge is -2.25. The molecule has 0 aliphatic heterocycles. The largest absolute Gasteiger partial charge is 0.480 e. The minimum absolute atomic E-state index is 0.0691. The van der Waals surface area contributed by atoms with E-state index in [4.69, 9.17) is 5.73 Å². The van der Waals surface area contributed by atoms with Crippen molar-refractivity contribution >= 4 is 77.7 Å². The van der Waals surface area contributed by atoms with Gasteiger partial charge in [0.2, 0.25) is 59.1 Å². The number of hydrogen-bond acceptors (Lipinski definition) is 17. The third-order valence-electron chi connectivity index (χ3n) is 9.68. The fourth-order valence-electron chi connectivity index (χ4n) is 5.77. The van der Waals surface area contributed by atoms with Crippen LogP contribution in [0.4, 0.5) is 0 Å². The molecule has 0 saturated carbocycles. The summed E-state index contributed by atoms with van der Waals surface area (Å²) < 4.78 is 0. The standard InChI is InChI=1S/C41H65N11O16S/c1-19(2)11-24(42)35(61)49-27(16-54)38(64)51-29(18-69)39(65)46-20(3)33(59)45-21(4)34(60)48-26(15-53)36(62)44-13-30(57)43-14-31(58)52-32(22(5)56)40(66)47-25(12-23-9-7-6-8-10-23)37(63)50-28(17-55)41(67)68/h6-10,19-22,24-29,32,53-56,69H,11-18,42H2,1-5H3,(H,43,57)(H,44,62)(H,45,59)(H,46,65)(H,47,66)(H,48,60)(H,49,61)(H,50,63)(H,51,64)(H,52,58)(H,67,68)/t20-,21-,22+,24-,25-,26-,27-,28-,29-,32-/m0/s1. The molecule has 27 nitrogen and oxygen atoms in total. The average Bonchev–Trinajstić information content (AvgIpc) is 3.29. The van der Waals surface area contributed by atoms with Gasteiger partial charge < -0.3 is 84.4 Å². The van der Waals surface area contributed by atoms with Gasteiger partial charge in [-0.05, 0) is 38.7 Å². The van der Waals surface area contributed by atoms with Crippen molar-refractivity contribution in [1.29, 1.82) is 0 Å². The molecule has 1 rings (SSSR count). The highest BCUT2D eigenvalue weighted by molar-refractivity contribution is 7.80. The van der Waals surface area contributed by atoms with Crippen molar-refractivity contribution in [2.75, 3.05) is 38.7 Å². The molecule has 10 amide bonds. The van der Waals surface area contributed by atoms with Gasteiger partial charge in [0.1, 0.15) is 48.3 Å². The Kier molecular flexibility index (Phi) is 27.1. The van der Waals surface area contributed by atoms with Gasteiger partial charge in [-0.3, -0.25) is 47.9 Å². The van der Waals surface area contributed by atoms with E-state index in [0.717, 1.165) is 6.92 Å². The van der Waals surface area contributed by atoms with Crippen molar-refractivity contribution in [3.8, 4) is 0 Å². The zero-order valence-electron chi connectivity index (χ0n) is 38.6. The number of amides is 10. The fourth-order valence-corrected chi connectivity index (χ4v) is 6.03. The number of aliphatic hydroxyl groups is 4. The maximum absolute atomic E-state index is 13.2. The number of carboxylic acids is 1. The van der Waals surface area contributed by atoms with Crippen LogP contribution < -0.4 is 58.9 Å². The van der Waals surface area contributed by atoms with Crippen LogP contribution in [0.2, 0.25) is 0 Å². The first kappa shape index (κ1) is 60.6. The van der Waals surface area contributed by atoms with Crippen LogP contribution in [-0.4, -0.2) is 190 Å². The molecule has 1 aromatic rings. The maximum Gasteiger partial charge on any atom is 0.328 e. The Bertz CT molecular complexity index is 1950. The van der Waals surface area contributed by atoms with E-state index in [9.17, 15) is 78.3 Å². The van der Waals surface area contributed by atoms with Crippen LogP contribution in [0, 0.1) is 5.92 Å². The lowest BCUT2D eigenvalue weighted by atomic mass is 10.0. The van der Waals surface area contributed by atoms with Gasteiger partial charge in [0.15, 0.2) is 0 Å². The third kappa shape index (κ3) is 22.0. The van der Waals surface area contributed by atoms with Crippen LogP contribution in [0.5, 0.6) is 0 Å². The summed E-state index contributed by atoms with van der Waals surface area (Å²) in [6.45, 7) is 2.92. The topological polar surface area (TPSA) is 435 Å². The number of benzene rings is 1. The smallest absolute Gasteiger partial charge is 0.328 e. The molecule has 386 valence electrons. The molecule has 1 aromatic carbocycles. The first-order valence-corrected chi connectivity index (χ1v) is 22.1. The van der Waals surface area contributed by atoms with E-state index in [1.54, 1.807) is 30.3 Å². The van der Waals surface area contributed by atoms with Crippen molar-refractivity contribution in [2.45, 2.75) is 108 Å². The molecular formula is C41H65N11O16S. The lowest BCUT2D eigenvalue weighted by Crippen LogP contribution is -2.60. The summed E-state index contributed by atoms with van der Waals surface area (Å²) in [5.41, 5.74) is 6.37. The number of aliphatic hydroxyl groups excluding tert-OH is 4. The number of aliphatic carboxylic acids is 1. The van der Waals surface area contributed by atoms with E-state index in [1.807, 2.05) is 13.8 Å². The summed E-state index contributed by atoms with van der Waals surface area (Å²) in [6, 6.07) is -4.73. The molecule has 0 aliphatic rings. The fraction of sp³-hybridized carbons (Fsp3) is 0.585. The van der Waals surface area contributed by atoms with E-state index in [-0.39, 0.29) is 18.1 Å². The van der Waals surface area contributed by atoms with E-state index < -0.39 is 158 Å². The van der Waals surface area contributed by atoms with Gasteiger partial charge in [-0.1, -0.05) is 44.2 Å². The maximum atomic E-state index is 13.2. The highest BCUT2D eigenvalue weighted by Gasteiger charge is 2.33. The molecule has 0 spiro atoms. The number of carbonyl (C=O) groups is 11. The molecular weight excluding hydrogens is 935 g/mol. The normalized spacial score (nSPS) is 15.3. The second-order valence-electron chi connectivity index (χ2n) is 16.0. The summed E-state index contributed by atoms with van der Waals surface area (Å²) in [5, 5.41) is 70.7. The summed E-state index contributed by atoms with van der Waals surface area (Å²) in [6.07, 6.45) is -1.42. The van der Waals surface area contributed by atoms with Crippen molar-refractivity contribution in [2.24, 2.45) is 11.7 Å². The molecule has 0 aliphatic carbocycles. The van der Waals surface area contributed by atoms with E-state index >= 15 is 0 Å². The van der Waals surface area contributed by atoms with Crippen molar-refractivity contribution in [3.05, 3.63) is 35.9 Å². The lowest BCUT2D eigenvalue weighted by molar-refractivity contribution is -0.143. The van der Waals surface area contributed by atoms with Crippen LogP contribution in [0.15, 0.2) is 30.3 Å². The molecule has 0 radical (unpaired) electrons. The summed E-state index contributed by atoms with van der Waals surface area (Å²) in [5.74, 6) is -11.3. The molecule has 0 unspecified atom stereocenters. The van der Waals surface area contributed by atoms with Crippen LogP contribution in [-0.2, 0) is 59.2 Å². The number of nitrogens with two attached hydrogens (primary N) is 1. The predicted molar refractivity (Wildman–Crippen MR) is 245 cm³/mol. The van der Waals surface area contributed by atoms with Gasteiger partial charge in [0.05, 0.1) is 45.1 Å². The second kappa shape index (κ2) is 30.8. The van der Waals surface area contributed by atoms with E-state index in [2.05, 4.69) is 65.8 Å². The number of nitrogens with one attached hydrogen (secondary N) is 10. The quantitative estimate of drug-likeness (QED) is 0.0318. The van der Waals surface area contributed by atoms with Gasteiger partial charge in [-0.25, -0.2) is 4.79 Å². The number of carboxylic acid groups (broad SMARTS) is 1.